The van der Waals surface area contributed by atoms with Crippen LogP contribution in [-0.2, 0) is 0 Å². The maximum absolute atomic E-state index is 11.1. The third-order valence-electron chi connectivity index (χ3n) is 1.39. The van der Waals surface area contributed by atoms with Gasteiger partial charge in [-0.2, -0.15) is 9.61 Å². The number of hydrogen-bond acceptors (Lipinski definition) is 3. The molecule has 0 fully saturated rings. The monoisotopic (exact) mass is 150 g/mol. The maximum atomic E-state index is 11.1. The van der Waals surface area contributed by atoms with Crippen LogP contribution in [-0.4, -0.2) is 19.6 Å². The van der Waals surface area contributed by atoms with Crippen molar-refractivity contribution >= 4 is 5.65 Å². The van der Waals surface area contributed by atoms with Crippen molar-refractivity contribution < 1.29 is 0 Å². The van der Waals surface area contributed by atoms with Gasteiger partial charge in [0.15, 0.2) is 5.65 Å². The highest BCUT2D eigenvalue weighted by atomic mass is 16.1. The van der Waals surface area contributed by atoms with E-state index in [-0.39, 0.29) is 5.69 Å². The highest BCUT2D eigenvalue weighted by Gasteiger charge is 1.98. The predicted octanol–water partition coefficient (Wildman–Crippen LogP) is -0.274. The van der Waals surface area contributed by atoms with Crippen molar-refractivity contribution in [3.05, 3.63) is 28.6 Å². The number of rotatable bonds is 0. The SMILES string of the molecule is Cc1nc2ccnn2c(=O)[nH]1. The van der Waals surface area contributed by atoms with Crippen LogP contribution in [0.25, 0.3) is 5.65 Å². The fraction of sp³-hybridized carbons (Fsp3) is 0.167. The zero-order valence-electron chi connectivity index (χ0n) is 5.90. The molecule has 0 spiro atoms. The molecule has 2 aromatic heterocycles. The van der Waals surface area contributed by atoms with Crippen molar-refractivity contribution in [1.29, 1.82) is 0 Å². The van der Waals surface area contributed by atoms with Gasteiger partial charge in [0.05, 0.1) is 6.20 Å². The lowest BCUT2D eigenvalue weighted by atomic mass is 10.6. The minimum Gasteiger partial charge on any atom is -0.294 e. The molecule has 0 radical (unpaired) electrons. The normalized spacial score (nSPS) is 10.6. The van der Waals surface area contributed by atoms with Gasteiger partial charge < -0.3 is 0 Å². The molecular weight excluding hydrogens is 144 g/mol. The van der Waals surface area contributed by atoms with Crippen LogP contribution in [0.15, 0.2) is 17.1 Å². The highest BCUT2D eigenvalue weighted by Crippen LogP contribution is 1.91. The van der Waals surface area contributed by atoms with Gasteiger partial charge in [-0.15, -0.1) is 0 Å². The summed E-state index contributed by atoms with van der Waals surface area (Å²) < 4.78 is 1.22. The Morgan fingerprint density at radius 2 is 2.45 bits per heavy atom. The summed E-state index contributed by atoms with van der Waals surface area (Å²) >= 11 is 0. The molecule has 0 aliphatic rings. The first kappa shape index (κ1) is 6.09. The molecule has 0 aromatic carbocycles. The maximum Gasteiger partial charge on any atom is 0.349 e. The van der Waals surface area contributed by atoms with Crippen LogP contribution < -0.4 is 5.69 Å². The molecule has 2 rings (SSSR count). The molecule has 0 unspecified atom stereocenters. The van der Waals surface area contributed by atoms with Crippen molar-refractivity contribution in [3.63, 3.8) is 0 Å². The molecule has 5 nitrogen and oxygen atoms in total. The summed E-state index contributed by atoms with van der Waals surface area (Å²) in [7, 11) is 0. The number of H-pyrrole nitrogens is 1. The van der Waals surface area contributed by atoms with E-state index in [1.54, 1.807) is 13.0 Å². The van der Waals surface area contributed by atoms with E-state index in [9.17, 15) is 4.79 Å². The van der Waals surface area contributed by atoms with Gasteiger partial charge >= 0.3 is 5.69 Å². The molecule has 0 aliphatic carbocycles. The van der Waals surface area contributed by atoms with Crippen LogP contribution in [0.1, 0.15) is 5.82 Å². The molecule has 0 saturated carbocycles. The fourth-order valence-electron chi connectivity index (χ4n) is 0.945. The Bertz CT molecular complexity index is 441. The molecule has 2 aromatic rings. The van der Waals surface area contributed by atoms with Crippen LogP contribution in [0.2, 0.25) is 0 Å². The molecule has 56 valence electrons. The number of nitrogens with one attached hydrogen (secondary N) is 1. The quantitative estimate of drug-likeness (QED) is 0.562. The van der Waals surface area contributed by atoms with Gasteiger partial charge in [-0.25, -0.2) is 9.78 Å². The summed E-state index contributed by atoms with van der Waals surface area (Å²) in [6.45, 7) is 1.73. The summed E-state index contributed by atoms with van der Waals surface area (Å²) in [5.74, 6) is 0.600. The van der Waals surface area contributed by atoms with Crippen LogP contribution in [0, 0.1) is 6.92 Å². The minimum atomic E-state index is -0.252. The molecule has 0 atom stereocenters. The lowest BCUT2D eigenvalue weighted by Crippen LogP contribution is -2.19. The summed E-state index contributed by atoms with van der Waals surface area (Å²) in [4.78, 5) is 17.6. The van der Waals surface area contributed by atoms with E-state index in [1.165, 1.54) is 10.7 Å². The average Bonchev–Trinajstić information content (AvgIpc) is 2.34. The van der Waals surface area contributed by atoms with Crippen molar-refractivity contribution in [3.8, 4) is 0 Å². The van der Waals surface area contributed by atoms with Crippen LogP contribution >= 0.6 is 0 Å². The molecule has 11 heavy (non-hydrogen) atoms. The average molecular weight is 150 g/mol. The van der Waals surface area contributed by atoms with Gasteiger partial charge in [-0.05, 0) is 6.92 Å². The van der Waals surface area contributed by atoms with E-state index < -0.39 is 0 Å². The van der Waals surface area contributed by atoms with Gasteiger partial charge in [0.1, 0.15) is 5.82 Å². The summed E-state index contributed by atoms with van der Waals surface area (Å²) in [6, 6.07) is 1.68. The zero-order valence-corrected chi connectivity index (χ0v) is 5.90. The second-order valence-electron chi connectivity index (χ2n) is 2.23. The third-order valence-corrected chi connectivity index (χ3v) is 1.39. The topological polar surface area (TPSA) is 63.1 Å². The van der Waals surface area contributed by atoms with Gasteiger partial charge in [-0.3, -0.25) is 4.98 Å². The van der Waals surface area contributed by atoms with Crippen LogP contribution in [0.4, 0.5) is 0 Å². The van der Waals surface area contributed by atoms with Gasteiger partial charge in [0.25, 0.3) is 0 Å². The number of fused-ring (bicyclic) bond motifs is 1. The Morgan fingerprint density at radius 3 is 3.27 bits per heavy atom. The van der Waals surface area contributed by atoms with E-state index in [4.69, 9.17) is 0 Å². The van der Waals surface area contributed by atoms with Gasteiger partial charge in [-0.1, -0.05) is 0 Å². The molecule has 0 aliphatic heterocycles. The first-order valence-electron chi connectivity index (χ1n) is 3.18. The Balaban J connectivity index is 3.02. The van der Waals surface area contributed by atoms with Crippen molar-refractivity contribution in [2.45, 2.75) is 6.92 Å². The summed E-state index contributed by atoms with van der Waals surface area (Å²) in [6.07, 6.45) is 1.54. The summed E-state index contributed by atoms with van der Waals surface area (Å²) in [5.41, 5.74) is 0.323. The van der Waals surface area contributed by atoms with E-state index in [0.717, 1.165) is 0 Å². The van der Waals surface area contributed by atoms with E-state index >= 15 is 0 Å². The summed E-state index contributed by atoms with van der Waals surface area (Å²) in [5, 5.41) is 3.77. The lowest BCUT2D eigenvalue weighted by Gasteiger charge is -1.91. The van der Waals surface area contributed by atoms with Gasteiger partial charge in [0.2, 0.25) is 0 Å². The number of aryl methyl sites for hydroxylation is 1. The molecule has 2 heterocycles. The smallest absolute Gasteiger partial charge is 0.294 e. The molecular formula is C6H6N4O. The van der Waals surface area contributed by atoms with Crippen LogP contribution in [0.5, 0.6) is 0 Å². The number of aromatic nitrogens is 4. The molecule has 5 heteroatoms. The first-order valence-corrected chi connectivity index (χ1v) is 3.18. The second kappa shape index (κ2) is 1.91. The lowest BCUT2D eigenvalue weighted by molar-refractivity contribution is 0.820. The Hall–Kier alpha value is -1.65. The van der Waals surface area contributed by atoms with Crippen molar-refractivity contribution in [2.24, 2.45) is 0 Å². The minimum absolute atomic E-state index is 0.252. The second-order valence-corrected chi connectivity index (χ2v) is 2.23. The Labute approximate surface area is 61.7 Å². The van der Waals surface area contributed by atoms with E-state index in [0.29, 0.717) is 11.5 Å². The predicted molar refractivity (Wildman–Crippen MR) is 38.3 cm³/mol. The standard InChI is InChI=1S/C6H6N4O/c1-4-8-5-2-3-7-10(5)6(11)9-4/h2-3H,1H3,(H,8,9,11). The number of nitrogens with zero attached hydrogens (tertiary/aromatic N) is 3. The molecule has 0 amide bonds. The van der Waals surface area contributed by atoms with Gasteiger partial charge in [0, 0.05) is 6.07 Å². The number of hydrogen-bond donors (Lipinski definition) is 1. The Kier molecular flexibility index (Phi) is 1.06. The highest BCUT2D eigenvalue weighted by molar-refractivity contribution is 5.34. The largest absolute Gasteiger partial charge is 0.349 e. The zero-order chi connectivity index (χ0) is 7.84. The molecule has 0 saturated heterocycles. The number of aromatic amines is 1. The van der Waals surface area contributed by atoms with E-state index in [1.807, 2.05) is 0 Å². The fourth-order valence-corrected chi connectivity index (χ4v) is 0.945. The van der Waals surface area contributed by atoms with Crippen LogP contribution in [0.3, 0.4) is 0 Å². The van der Waals surface area contributed by atoms with E-state index in [2.05, 4.69) is 15.1 Å². The Morgan fingerprint density at radius 1 is 1.64 bits per heavy atom. The van der Waals surface area contributed by atoms with Crippen molar-refractivity contribution in [1.82, 2.24) is 19.6 Å². The molecule has 0 bridgehead atoms. The van der Waals surface area contributed by atoms with Crippen molar-refractivity contribution in [2.75, 3.05) is 0 Å². The molecule has 1 N–H and O–H groups in total. The first-order chi connectivity index (χ1) is 5.27. The third kappa shape index (κ3) is 0.813.